The Morgan fingerprint density at radius 1 is 0.686 bits per heavy atom. The van der Waals surface area contributed by atoms with Gasteiger partial charge in [0.1, 0.15) is 19.6 Å². The van der Waals surface area contributed by atoms with Crippen molar-refractivity contribution in [2.75, 3.05) is 39.6 Å². The Balaban J connectivity index is 1.53. The van der Waals surface area contributed by atoms with E-state index in [1.165, 1.54) is 13.8 Å². The number of carbonyl (C=O) groups is 4. The molecule has 0 spiro atoms. The van der Waals surface area contributed by atoms with Crippen molar-refractivity contribution in [1.82, 2.24) is 0 Å². The smallest absolute Gasteiger partial charge is 0.347 e. The molecule has 4 atom stereocenters. The molecule has 0 saturated carbocycles. The monoisotopic (exact) mass is 504 g/mol. The number of ether oxygens (including phenoxy) is 8. The molecule has 35 heavy (non-hydrogen) atoms. The molecule has 0 radical (unpaired) electrons. The van der Waals surface area contributed by atoms with E-state index in [1.807, 2.05) is 0 Å². The molecule has 2 rings (SSSR count). The van der Waals surface area contributed by atoms with Crippen LogP contribution in [0, 0.1) is 0 Å². The van der Waals surface area contributed by atoms with Gasteiger partial charge >= 0.3 is 23.9 Å². The van der Waals surface area contributed by atoms with E-state index < -0.39 is 42.5 Å². The Hall–Kier alpha value is -2.28. The maximum atomic E-state index is 11.9. The number of carbonyl (C=O) groups excluding carboxylic acids is 4. The molecule has 2 heterocycles. The Bertz CT molecular complexity index is 613. The summed E-state index contributed by atoms with van der Waals surface area (Å²) in [5.74, 6) is -3.55. The first-order valence-electron chi connectivity index (χ1n) is 12.0. The number of esters is 4. The third kappa shape index (κ3) is 12.3. The van der Waals surface area contributed by atoms with Crippen molar-refractivity contribution in [2.24, 2.45) is 0 Å². The Morgan fingerprint density at radius 2 is 1.11 bits per heavy atom. The summed E-state index contributed by atoms with van der Waals surface area (Å²) >= 11 is 0. The highest BCUT2D eigenvalue weighted by molar-refractivity contribution is 5.93. The van der Waals surface area contributed by atoms with Crippen LogP contribution in [0.15, 0.2) is 0 Å². The number of rotatable bonds is 14. The van der Waals surface area contributed by atoms with Crippen LogP contribution >= 0.6 is 0 Å². The van der Waals surface area contributed by atoms with Gasteiger partial charge in [-0.25, -0.2) is 9.59 Å². The van der Waals surface area contributed by atoms with Crippen molar-refractivity contribution >= 4 is 23.9 Å². The van der Waals surface area contributed by atoms with Gasteiger partial charge < -0.3 is 37.9 Å². The summed E-state index contributed by atoms with van der Waals surface area (Å²) < 4.78 is 41.4. The summed E-state index contributed by atoms with van der Waals surface area (Å²) in [6, 6.07) is 0. The minimum Gasteiger partial charge on any atom is -0.461 e. The van der Waals surface area contributed by atoms with Crippen molar-refractivity contribution in [3.63, 3.8) is 0 Å². The second kappa shape index (κ2) is 16.4. The normalized spacial score (nSPS) is 21.9. The van der Waals surface area contributed by atoms with Gasteiger partial charge in [-0.15, -0.1) is 0 Å². The fraction of sp³-hybridized carbons (Fsp3) is 0.826. The van der Waals surface area contributed by atoms with E-state index in [2.05, 4.69) is 0 Å². The number of hydrogen-bond donors (Lipinski definition) is 0. The molecule has 2 fully saturated rings. The van der Waals surface area contributed by atoms with Crippen LogP contribution in [-0.4, -0.2) is 88.3 Å². The van der Waals surface area contributed by atoms with Gasteiger partial charge in [-0.2, -0.15) is 0 Å². The van der Waals surface area contributed by atoms with Gasteiger partial charge in [-0.05, 0) is 52.4 Å². The van der Waals surface area contributed by atoms with Crippen molar-refractivity contribution < 1.29 is 57.1 Å². The van der Waals surface area contributed by atoms with Crippen LogP contribution in [0.2, 0.25) is 0 Å². The lowest BCUT2D eigenvalue weighted by Gasteiger charge is -2.22. The van der Waals surface area contributed by atoms with Crippen molar-refractivity contribution in [3.8, 4) is 0 Å². The van der Waals surface area contributed by atoms with E-state index in [-0.39, 0.29) is 39.0 Å². The zero-order chi connectivity index (χ0) is 25.5. The average Bonchev–Trinajstić information content (AvgIpc) is 2.85. The van der Waals surface area contributed by atoms with Crippen LogP contribution in [0.25, 0.3) is 0 Å². The minimum absolute atomic E-state index is 0.0268. The minimum atomic E-state index is -1.23. The highest BCUT2D eigenvalue weighted by atomic mass is 16.7. The second-order valence-electron chi connectivity index (χ2n) is 8.11. The summed E-state index contributed by atoms with van der Waals surface area (Å²) in [4.78, 5) is 47.7. The predicted octanol–water partition coefficient (Wildman–Crippen LogP) is 1.41. The van der Waals surface area contributed by atoms with Crippen LogP contribution in [0.5, 0.6) is 0 Å². The lowest BCUT2D eigenvalue weighted by molar-refractivity contribution is -0.182. The third-order valence-electron chi connectivity index (χ3n) is 5.11. The first kappa shape index (κ1) is 29.0. The Kier molecular flexibility index (Phi) is 13.6. The molecule has 0 N–H and O–H groups in total. The van der Waals surface area contributed by atoms with Crippen LogP contribution in [-0.2, 0) is 57.1 Å². The maximum absolute atomic E-state index is 11.9. The van der Waals surface area contributed by atoms with Crippen LogP contribution in [0.1, 0.15) is 58.8 Å². The molecule has 0 bridgehead atoms. The fourth-order valence-corrected chi connectivity index (χ4v) is 3.26. The van der Waals surface area contributed by atoms with Gasteiger partial charge in [0.05, 0.1) is 13.2 Å². The lowest BCUT2D eigenvalue weighted by atomic mass is 10.2. The van der Waals surface area contributed by atoms with Crippen molar-refractivity contribution in [3.05, 3.63) is 0 Å². The molecule has 0 aromatic rings. The first-order chi connectivity index (χ1) is 16.8. The topological polar surface area (TPSA) is 142 Å². The van der Waals surface area contributed by atoms with Gasteiger partial charge in [0.25, 0.3) is 0 Å². The van der Waals surface area contributed by atoms with Gasteiger partial charge in [0.2, 0.25) is 0 Å². The highest BCUT2D eigenvalue weighted by Crippen LogP contribution is 2.14. The van der Waals surface area contributed by atoms with Crippen molar-refractivity contribution in [2.45, 2.75) is 83.6 Å². The molecular weight excluding hydrogens is 468 g/mol. The van der Waals surface area contributed by atoms with E-state index in [0.717, 1.165) is 38.5 Å². The molecule has 0 aromatic heterocycles. The summed E-state index contributed by atoms with van der Waals surface area (Å²) in [7, 11) is 0. The predicted molar refractivity (Wildman–Crippen MR) is 117 cm³/mol. The van der Waals surface area contributed by atoms with Gasteiger partial charge in [0, 0.05) is 13.2 Å². The zero-order valence-electron chi connectivity index (χ0n) is 20.4. The molecule has 0 aromatic carbocycles. The summed E-state index contributed by atoms with van der Waals surface area (Å²) in [6.45, 7) is 4.17. The quantitative estimate of drug-likeness (QED) is 0.146. The van der Waals surface area contributed by atoms with E-state index >= 15 is 0 Å². The van der Waals surface area contributed by atoms with E-state index in [4.69, 9.17) is 37.9 Å². The fourth-order valence-electron chi connectivity index (χ4n) is 3.26. The van der Waals surface area contributed by atoms with E-state index in [0.29, 0.717) is 13.2 Å². The molecule has 2 aliphatic heterocycles. The summed E-state index contributed by atoms with van der Waals surface area (Å²) in [5.41, 5.74) is 0. The van der Waals surface area contributed by atoms with E-state index in [1.54, 1.807) is 0 Å². The summed E-state index contributed by atoms with van der Waals surface area (Å²) in [5, 5.41) is 0. The van der Waals surface area contributed by atoms with Crippen LogP contribution < -0.4 is 0 Å². The standard InChI is InChI=1S/C23H36O12/c1-16(22(26)32-13-11-30-20-7-3-5-9-28-20)34-18(24)15-19(25)35-17(2)23(27)33-14-12-31-21-8-4-6-10-29-21/h16-17,20-21H,3-15H2,1-2H3. The molecule has 2 saturated heterocycles. The van der Waals surface area contributed by atoms with Gasteiger partial charge in [-0.3, -0.25) is 9.59 Å². The van der Waals surface area contributed by atoms with E-state index in [9.17, 15) is 19.2 Å². The molecule has 12 heteroatoms. The maximum Gasteiger partial charge on any atom is 0.347 e. The second-order valence-corrected chi connectivity index (χ2v) is 8.11. The SMILES string of the molecule is CC(OC(=O)CC(=O)OC(C)C(=O)OCCOC1CCCCO1)C(=O)OCCOC1CCCCO1. The third-order valence-corrected chi connectivity index (χ3v) is 5.11. The molecule has 200 valence electrons. The molecule has 2 aliphatic rings. The Labute approximate surface area is 204 Å². The average molecular weight is 505 g/mol. The molecule has 4 unspecified atom stereocenters. The molecule has 12 nitrogen and oxygen atoms in total. The summed E-state index contributed by atoms with van der Waals surface area (Å²) in [6.07, 6.45) is 1.79. The van der Waals surface area contributed by atoms with Crippen molar-refractivity contribution in [1.29, 1.82) is 0 Å². The van der Waals surface area contributed by atoms with Crippen LogP contribution in [0.4, 0.5) is 0 Å². The highest BCUT2D eigenvalue weighted by Gasteiger charge is 2.25. The first-order valence-corrected chi connectivity index (χ1v) is 12.0. The molecule has 0 amide bonds. The number of hydrogen-bond acceptors (Lipinski definition) is 12. The molecule has 0 aliphatic carbocycles. The lowest BCUT2D eigenvalue weighted by Crippen LogP contribution is -2.31. The zero-order valence-corrected chi connectivity index (χ0v) is 20.4. The molecular formula is C23H36O12. The Morgan fingerprint density at radius 3 is 1.49 bits per heavy atom. The van der Waals surface area contributed by atoms with Gasteiger partial charge in [0.15, 0.2) is 24.8 Å². The largest absolute Gasteiger partial charge is 0.461 e. The van der Waals surface area contributed by atoms with Crippen LogP contribution in [0.3, 0.4) is 0 Å². The van der Waals surface area contributed by atoms with Gasteiger partial charge in [-0.1, -0.05) is 0 Å².